The topological polar surface area (TPSA) is 84.1 Å². The molecule has 6 heteroatoms. The lowest BCUT2D eigenvalue weighted by Crippen LogP contribution is -2.55. The predicted octanol–water partition coefficient (Wildman–Crippen LogP) is 1.44. The van der Waals surface area contributed by atoms with Gasteiger partial charge in [0, 0.05) is 31.5 Å². The zero-order valence-electron chi connectivity index (χ0n) is 13.9. The van der Waals surface area contributed by atoms with Gasteiger partial charge < -0.3 is 16.0 Å². The summed E-state index contributed by atoms with van der Waals surface area (Å²) >= 11 is 0. The van der Waals surface area contributed by atoms with Gasteiger partial charge in [-0.1, -0.05) is 30.3 Å². The summed E-state index contributed by atoms with van der Waals surface area (Å²) in [7, 11) is 0. The molecule has 1 amide bonds. The van der Waals surface area contributed by atoms with Gasteiger partial charge in [-0.25, -0.2) is 9.97 Å². The zero-order valence-corrected chi connectivity index (χ0v) is 13.9. The van der Waals surface area contributed by atoms with Crippen molar-refractivity contribution in [2.24, 2.45) is 5.73 Å². The highest BCUT2D eigenvalue weighted by atomic mass is 16.2. The van der Waals surface area contributed by atoms with Crippen LogP contribution in [0.15, 0.2) is 48.8 Å². The average Bonchev–Trinajstić information content (AvgIpc) is 2.63. The van der Waals surface area contributed by atoms with E-state index in [2.05, 4.69) is 20.2 Å². The minimum Gasteiger partial charge on any atom is -0.350 e. The molecule has 0 radical (unpaired) electrons. The lowest BCUT2D eigenvalue weighted by atomic mass is 9.91. The molecule has 1 aliphatic rings. The molecule has 1 fully saturated rings. The molecule has 2 aromatic rings. The quantitative estimate of drug-likeness (QED) is 0.888. The number of aromatic nitrogens is 2. The van der Waals surface area contributed by atoms with Gasteiger partial charge in [0.15, 0.2) is 0 Å². The number of nitrogens with zero attached hydrogens (tertiary/aromatic N) is 3. The van der Waals surface area contributed by atoms with E-state index >= 15 is 0 Å². The number of nitrogens with one attached hydrogen (secondary N) is 1. The first-order valence-corrected chi connectivity index (χ1v) is 8.24. The first kappa shape index (κ1) is 16.4. The molecular formula is C18H23N5O. The van der Waals surface area contributed by atoms with Crippen molar-refractivity contribution in [2.75, 3.05) is 18.0 Å². The van der Waals surface area contributed by atoms with Crippen LogP contribution in [0.25, 0.3) is 0 Å². The summed E-state index contributed by atoms with van der Waals surface area (Å²) in [5.74, 6) is 0.546. The van der Waals surface area contributed by atoms with Crippen LogP contribution in [0.2, 0.25) is 0 Å². The van der Waals surface area contributed by atoms with E-state index in [0.29, 0.717) is 12.5 Å². The van der Waals surface area contributed by atoms with E-state index in [4.69, 9.17) is 5.73 Å². The van der Waals surface area contributed by atoms with E-state index in [1.807, 2.05) is 30.3 Å². The maximum atomic E-state index is 12.7. The van der Waals surface area contributed by atoms with Gasteiger partial charge in [0.25, 0.3) is 0 Å². The van der Waals surface area contributed by atoms with E-state index in [9.17, 15) is 4.79 Å². The fraction of sp³-hybridized carbons (Fsp3) is 0.389. The van der Waals surface area contributed by atoms with Gasteiger partial charge in [-0.3, -0.25) is 4.79 Å². The molecule has 2 atom stereocenters. The van der Waals surface area contributed by atoms with Crippen molar-refractivity contribution in [2.45, 2.75) is 31.3 Å². The maximum Gasteiger partial charge on any atom is 0.244 e. The number of hydrogen-bond acceptors (Lipinski definition) is 5. The molecule has 0 saturated carbocycles. The number of hydrogen-bond donors (Lipinski definition) is 2. The van der Waals surface area contributed by atoms with Gasteiger partial charge in [-0.15, -0.1) is 0 Å². The van der Waals surface area contributed by atoms with Crippen LogP contribution in [0.5, 0.6) is 0 Å². The molecule has 126 valence electrons. The smallest absolute Gasteiger partial charge is 0.244 e. The Hall–Kier alpha value is -2.47. The van der Waals surface area contributed by atoms with Crippen LogP contribution >= 0.6 is 0 Å². The maximum absolute atomic E-state index is 12.7. The summed E-state index contributed by atoms with van der Waals surface area (Å²) in [6, 6.07) is 11.3. The Bertz CT molecular complexity index is 674. The Labute approximate surface area is 142 Å². The van der Waals surface area contributed by atoms with Crippen molar-refractivity contribution in [3.05, 3.63) is 54.4 Å². The van der Waals surface area contributed by atoms with Crippen molar-refractivity contribution in [1.82, 2.24) is 15.3 Å². The van der Waals surface area contributed by atoms with Crippen molar-refractivity contribution >= 4 is 11.9 Å². The molecule has 1 aromatic carbocycles. The molecule has 0 spiro atoms. The van der Waals surface area contributed by atoms with E-state index in [1.165, 1.54) is 0 Å². The summed E-state index contributed by atoms with van der Waals surface area (Å²) in [6.45, 7) is 3.34. The molecule has 0 aliphatic carbocycles. The summed E-state index contributed by atoms with van der Waals surface area (Å²) in [4.78, 5) is 23.4. The highest BCUT2D eigenvalue weighted by Crippen LogP contribution is 2.20. The minimum absolute atomic E-state index is 0.0432. The van der Waals surface area contributed by atoms with Crippen molar-refractivity contribution in [3.8, 4) is 0 Å². The summed E-state index contributed by atoms with van der Waals surface area (Å²) in [5, 5.41) is 3.10. The SMILES string of the molecule is CC(N)(C(=O)NC1CCCN(c2ncccn2)C1)c1ccccc1. The van der Waals surface area contributed by atoms with E-state index in [0.717, 1.165) is 24.9 Å². The summed E-state index contributed by atoms with van der Waals surface area (Å²) in [6.07, 6.45) is 5.38. The van der Waals surface area contributed by atoms with E-state index < -0.39 is 5.54 Å². The fourth-order valence-electron chi connectivity index (χ4n) is 2.98. The lowest BCUT2D eigenvalue weighted by Gasteiger charge is -2.35. The highest BCUT2D eigenvalue weighted by molar-refractivity contribution is 5.87. The number of rotatable bonds is 4. The molecule has 1 aromatic heterocycles. The van der Waals surface area contributed by atoms with Gasteiger partial charge in [0.1, 0.15) is 5.54 Å². The third kappa shape index (κ3) is 3.54. The number of piperidine rings is 1. The second-order valence-corrected chi connectivity index (χ2v) is 6.38. The van der Waals surface area contributed by atoms with Crippen LogP contribution in [0.3, 0.4) is 0 Å². The van der Waals surface area contributed by atoms with Gasteiger partial charge in [0.05, 0.1) is 0 Å². The molecule has 0 bridgehead atoms. The third-order valence-electron chi connectivity index (χ3n) is 4.44. The Morgan fingerprint density at radius 1 is 1.25 bits per heavy atom. The highest BCUT2D eigenvalue weighted by Gasteiger charge is 2.33. The number of benzene rings is 1. The Morgan fingerprint density at radius 2 is 1.96 bits per heavy atom. The standard InChI is InChI=1S/C18H23N5O/c1-18(19,14-7-3-2-4-8-14)16(24)22-15-9-5-12-23(13-15)17-20-10-6-11-21-17/h2-4,6-8,10-11,15H,5,9,12-13,19H2,1H3,(H,22,24). The first-order chi connectivity index (χ1) is 11.6. The van der Waals surface area contributed by atoms with Crippen LogP contribution in [0.1, 0.15) is 25.3 Å². The predicted molar refractivity (Wildman–Crippen MR) is 93.4 cm³/mol. The molecule has 1 saturated heterocycles. The number of carbonyl (C=O) groups excluding carboxylic acids is 1. The molecule has 2 unspecified atom stereocenters. The molecule has 3 N–H and O–H groups in total. The number of anilines is 1. The third-order valence-corrected chi connectivity index (χ3v) is 4.44. The van der Waals surface area contributed by atoms with Gasteiger partial charge in [-0.2, -0.15) is 0 Å². The average molecular weight is 325 g/mol. The molecule has 1 aliphatic heterocycles. The summed E-state index contributed by atoms with van der Waals surface area (Å²) < 4.78 is 0. The van der Waals surface area contributed by atoms with Crippen LogP contribution in [0, 0.1) is 0 Å². The van der Waals surface area contributed by atoms with Crippen LogP contribution < -0.4 is 16.0 Å². The van der Waals surface area contributed by atoms with E-state index in [1.54, 1.807) is 25.4 Å². The molecule has 3 rings (SSSR count). The second-order valence-electron chi connectivity index (χ2n) is 6.38. The van der Waals surface area contributed by atoms with Crippen molar-refractivity contribution < 1.29 is 4.79 Å². The van der Waals surface area contributed by atoms with Crippen LogP contribution in [-0.4, -0.2) is 35.0 Å². The molecular weight excluding hydrogens is 302 g/mol. The first-order valence-electron chi connectivity index (χ1n) is 8.24. The normalized spacial score (nSPS) is 20.2. The van der Waals surface area contributed by atoms with Gasteiger partial charge >= 0.3 is 0 Å². The number of nitrogens with two attached hydrogens (primary N) is 1. The minimum atomic E-state index is -1.05. The lowest BCUT2D eigenvalue weighted by molar-refractivity contribution is -0.126. The van der Waals surface area contributed by atoms with Crippen molar-refractivity contribution in [3.63, 3.8) is 0 Å². The van der Waals surface area contributed by atoms with E-state index in [-0.39, 0.29) is 11.9 Å². The molecule has 2 heterocycles. The van der Waals surface area contributed by atoms with Gasteiger partial charge in [0.2, 0.25) is 11.9 Å². The van der Waals surface area contributed by atoms with Gasteiger partial charge in [-0.05, 0) is 31.4 Å². The molecule has 6 nitrogen and oxygen atoms in total. The summed E-state index contributed by atoms with van der Waals surface area (Å²) in [5.41, 5.74) is 6.05. The monoisotopic (exact) mass is 325 g/mol. The largest absolute Gasteiger partial charge is 0.350 e. The Kier molecular flexibility index (Phi) is 4.76. The molecule has 24 heavy (non-hydrogen) atoms. The van der Waals surface area contributed by atoms with Crippen LogP contribution in [-0.2, 0) is 10.3 Å². The Balaban J connectivity index is 1.66. The second kappa shape index (κ2) is 6.97. The fourth-order valence-corrected chi connectivity index (χ4v) is 2.98. The van der Waals surface area contributed by atoms with Crippen LogP contribution in [0.4, 0.5) is 5.95 Å². The van der Waals surface area contributed by atoms with Crippen molar-refractivity contribution in [1.29, 1.82) is 0 Å². The Morgan fingerprint density at radius 3 is 2.67 bits per heavy atom. The number of amides is 1. The zero-order chi connectivity index (χ0) is 17.0. The number of carbonyl (C=O) groups is 1.